The van der Waals surface area contributed by atoms with E-state index in [9.17, 15) is 18.4 Å². The first kappa shape index (κ1) is 15.1. The van der Waals surface area contributed by atoms with Gasteiger partial charge in [-0.3, -0.25) is 9.59 Å². The van der Waals surface area contributed by atoms with E-state index in [1.165, 1.54) is 4.90 Å². The van der Waals surface area contributed by atoms with E-state index in [1.54, 1.807) is 24.3 Å². The standard InChI is InChI=1S/C17H13F2NO3/c18-14-6-12-9-20(17(23)13(12)7-15(14)19)8-11-3-1-10(2-4-11)5-16(21)22/h1-4,6-7H,5,8-9H2,(H,21,22). The smallest absolute Gasteiger partial charge is 0.307 e. The Morgan fingerprint density at radius 2 is 1.70 bits per heavy atom. The lowest BCUT2D eigenvalue weighted by atomic mass is 10.1. The predicted octanol–water partition coefficient (Wildman–Crippen LogP) is 2.75. The van der Waals surface area contributed by atoms with E-state index < -0.39 is 17.6 Å². The number of rotatable bonds is 4. The molecule has 23 heavy (non-hydrogen) atoms. The highest BCUT2D eigenvalue weighted by Gasteiger charge is 2.29. The van der Waals surface area contributed by atoms with Crippen LogP contribution in [0, 0.1) is 11.6 Å². The Bertz CT molecular complexity index is 787. The van der Waals surface area contributed by atoms with Gasteiger partial charge < -0.3 is 10.0 Å². The van der Waals surface area contributed by atoms with Crippen LogP contribution in [0.5, 0.6) is 0 Å². The summed E-state index contributed by atoms with van der Waals surface area (Å²) in [5.74, 6) is -3.24. The normalized spacial score (nSPS) is 13.3. The van der Waals surface area contributed by atoms with Crippen LogP contribution < -0.4 is 0 Å². The average Bonchev–Trinajstić information content (AvgIpc) is 2.78. The molecule has 2 aromatic carbocycles. The van der Waals surface area contributed by atoms with Gasteiger partial charge in [0.1, 0.15) is 0 Å². The molecule has 0 fully saturated rings. The van der Waals surface area contributed by atoms with Gasteiger partial charge in [0, 0.05) is 18.7 Å². The number of amides is 1. The average molecular weight is 317 g/mol. The monoisotopic (exact) mass is 317 g/mol. The molecule has 0 bridgehead atoms. The lowest BCUT2D eigenvalue weighted by Gasteiger charge is -2.15. The van der Waals surface area contributed by atoms with Gasteiger partial charge in [0.2, 0.25) is 0 Å². The minimum atomic E-state index is -1.03. The highest BCUT2D eigenvalue weighted by Crippen LogP contribution is 2.26. The van der Waals surface area contributed by atoms with Crippen molar-refractivity contribution in [1.29, 1.82) is 0 Å². The Morgan fingerprint density at radius 3 is 2.35 bits per heavy atom. The topological polar surface area (TPSA) is 57.6 Å². The lowest BCUT2D eigenvalue weighted by Crippen LogP contribution is -2.23. The van der Waals surface area contributed by atoms with E-state index in [-0.39, 0.29) is 24.4 Å². The number of carbonyl (C=O) groups is 2. The van der Waals surface area contributed by atoms with Crippen LogP contribution in [-0.2, 0) is 24.3 Å². The van der Waals surface area contributed by atoms with Gasteiger partial charge in [0.05, 0.1) is 6.42 Å². The molecule has 0 saturated carbocycles. The first-order valence-corrected chi connectivity index (χ1v) is 7.01. The maximum atomic E-state index is 13.3. The minimum Gasteiger partial charge on any atom is -0.481 e. The van der Waals surface area contributed by atoms with E-state index in [2.05, 4.69) is 0 Å². The fourth-order valence-electron chi connectivity index (χ4n) is 2.65. The molecule has 0 radical (unpaired) electrons. The molecule has 0 aliphatic carbocycles. The summed E-state index contributed by atoms with van der Waals surface area (Å²) in [5, 5.41) is 8.73. The van der Waals surface area contributed by atoms with E-state index in [0.717, 1.165) is 17.7 Å². The number of aliphatic carboxylic acids is 1. The largest absolute Gasteiger partial charge is 0.481 e. The molecule has 2 aromatic rings. The van der Waals surface area contributed by atoms with Gasteiger partial charge >= 0.3 is 5.97 Å². The number of carbonyl (C=O) groups excluding carboxylic acids is 1. The second kappa shape index (κ2) is 5.79. The maximum absolute atomic E-state index is 13.3. The molecule has 118 valence electrons. The van der Waals surface area contributed by atoms with E-state index in [0.29, 0.717) is 17.7 Å². The Hall–Kier alpha value is -2.76. The summed E-state index contributed by atoms with van der Waals surface area (Å²) in [6.07, 6.45) is -0.0626. The van der Waals surface area contributed by atoms with Gasteiger partial charge in [-0.15, -0.1) is 0 Å². The maximum Gasteiger partial charge on any atom is 0.307 e. The summed E-state index contributed by atoms with van der Waals surface area (Å²) < 4.78 is 26.5. The van der Waals surface area contributed by atoms with Crippen LogP contribution >= 0.6 is 0 Å². The summed E-state index contributed by atoms with van der Waals surface area (Å²) in [6.45, 7) is 0.520. The molecule has 0 spiro atoms. The number of hydrogen-bond acceptors (Lipinski definition) is 2. The highest BCUT2D eigenvalue weighted by molar-refractivity contribution is 5.98. The van der Waals surface area contributed by atoms with Gasteiger partial charge in [0.15, 0.2) is 11.6 Å². The number of fused-ring (bicyclic) bond motifs is 1. The van der Waals surface area contributed by atoms with E-state index in [4.69, 9.17) is 5.11 Å². The van der Waals surface area contributed by atoms with Crippen molar-refractivity contribution in [2.24, 2.45) is 0 Å². The third kappa shape index (κ3) is 3.06. The SMILES string of the molecule is O=C(O)Cc1ccc(CN2Cc3cc(F)c(F)cc3C2=O)cc1. The van der Waals surface area contributed by atoms with Crippen molar-refractivity contribution in [2.45, 2.75) is 19.5 Å². The molecule has 3 rings (SSSR count). The molecule has 1 amide bonds. The first-order chi connectivity index (χ1) is 10.9. The van der Waals surface area contributed by atoms with Crippen LogP contribution in [0.4, 0.5) is 8.78 Å². The fraction of sp³-hybridized carbons (Fsp3) is 0.176. The number of benzene rings is 2. The number of nitrogens with zero attached hydrogens (tertiary/aromatic N) is 1. The number of hydrogen-bond donors (Lipinski definition) is 1. The van der Waals surface area contributed by atoms with Crippen LogP contribution in [0.2, 0.25) is 0 Å². The second-order valence-electron chi connectivity index (χ2n) is 5.47. The zero-order chi connectivity index (χ0) is 16.6. The molecule has 0 aromatic heterocycles. The Morgan fingerprint density at radius 1 is 1.09 bits per heavy atom. The molecule has 6 heteroatoms. The minimum absolute atomic E-state index is 0.0626. The predicted molar refractivity (Wildman–Crippen MR) is 77.7 cm³/mol. The molecule has 1 N–H and O–H groups in total. The quantitative estimate of drug-likeness (QED) is 0.943. The Balaban J connectivity index is 1.74. The molecule has 1 aliphatic heterocycles. The van der Waals surface area contributed by atoms with Gasteiger partial charge in [-0.25, -0.2) is 8.78 Å². The van der Waals surface area contributed by atoms with Gasteiger partial charge in [0.25, 0.3) is 5.91 Å². The summed E-state index contributed by atoms with van der Waals surface area (Å²) >= 11 is 0. The van der Waals surface area contributed by atoms with E-state index >= 15 is 0 Å². The van der Waals surface area contributed by atoms with Gasteiger partial charge in [-0.2, -0.15) is 0 Å². The number of halogens is 2. The van der Waals surface area contributed by atoms with Crippen LogP contribution in [-0.4, -0.2) is 21.9 Å². The molecular formula is C17H13F2NO3. The van der Waals surface area contributed by atoms with Crippen molar-refractivity contribution in [3.63, 3.8) is 0 Å². The third-order valence-corrected chi connectivity index (χ3v) is 3.78. The summed E-state index contributed by atoms with van der Waals surface area (Å²) in [7, 11) is 0. The van der Waals surface area contributed by atoms with Crippen molar-refractivity contribution in [2.75, 3.05) is 0 Å². The van der Waals surface area contributed by atoms with Crippen LogP contribution in [0.1, 0.15) is 27.0 Å². The van der Waals surface area contributed by atoms with Crippen molar-refractivity contribution in [3.05, 3.63) is 70.3 Å². The summed E-state index contributed by atoms with van der Waals surface area (Å²) in [4.78, 5) is 24.4. The molecule has 1 aliphatic rings. The zero-order valence-electron chi connectivity index (χ0n) is 12.1. The molecule has 0 atom stereocenters. The van der Waals surface area contributed by atoms with E-state index in [1.807, 2.05) is 0 Å². The Labute approximate surface area is 131 Å². The molecule has 0 unspecified atom stereocenters. The Kier molecular flexibility index (Phi) is 3.82. The van der Waals surface area contributed by atoms with Crippen molar-refractivity contribution in [1.82, 2.24) is 4.90 Å². The molecule has 4 nitrogen and oxygen atoms in total. The summed E-state index contributed by atoms with van der Waals surface area (Å²) in [5.41, 5.74) is 2.14. The molecular weight excluding hydrogens is 304 g/mol. The van der Waals surface area contributed by atoms with Crippen molar-refractivity contribution in [3.8, 4) is 0 Å². The van der Waals surface area contributed by atoms with Crippen LogP contribution in [0.15, 0.2) is 36.4 Å². The first-order valence-electron chi connectivity index (χ1n) is 7.01. The highest BCUT2D eigenvalue weighted by atomic mass is 19.2. The van der Waals surface area contributed by atoms with Crippen molar-refractivity contribution < 1.29 is 23.5 Å². The zero-order valence-corrected chi connectivity index (χ0v) is 12.1. The fourth-order valence-corrected chi connectivity index (χ4v) is 2.65. The lowest BCUT2D eigenvalue weighted by molar-refractivity contribution is -0.136. The number of carboxylic acids is 1. The molecule has 1 heterocycles. The second-order valence-corrected chi connectivity index (χ2v) is 5.47. The van der Waals surface area contributed by atoms with Crippen LogP contribution in [0.25, 0.3) is 0 Å². The van der Waals surface area contributed by atoms with Crippen molar-refractivity contribution >= 4 is 11.9 Å². The van der Waals surface area contributed by atoms with Gasteiger partial charge in [-0.1, -0.05) is 24.3 Å². The van der Waals surface area contributed by atoms with Gasteiger partial charge in [-0.05, 0) is 28.8 Å². The summed E-state index contributed by atoms with van der Waals surface area (Å²) in [6, 6.07) is 8.86. The third-order valence-electron chi connectivity index (χ3n) is 3.78. The number of carboxylic acid groups (broad SMARTS) is 1. The molecule has 0 saturated heterocycles. The van der Waals surface area contributed by atoms with Crippen LogP contribution in [0.3, 0.4) is 0 Å².